The van der Waals surface area contributed by atoms with Gasteiger partial charge in [-0.3, -0.25) is 5.32 Å². The number of benzene rings is 1. The van der Waals surface area contributed by atoms with Crippen LogP contribution in [0.25, 0.3) is 0 Å². The van der Waals surface area contributed by atoms with Gasteiger partial charge in [-0.25, -0.2) is 0 Å². The van der Waals surface area contributed by atoms with Gasteiger partial charge in [-0.2, -0.15) is 0 Å². The van der Waals surface area contributed by atoms with Gasteiger partial charge in [0.05, 0.1) is 0 Å². The summed E-state index contributed by atoms with van der Waals surface area (Å²) in [6.07, 6.45) is 8.49. The van der Waals surface area contributed by atoms with E-state index in [0.29, 0.717) is 5.92 Å². The monoisotopic (exact) mass is 270 g/mol. The van der Waals surface area contributed by atoms with Crippen molar-refractivity contribution in [2.75, 3.05) is 13.1 Å². The summed E-state index contributed by atoms with van der Waals surface area (Å²) >= 11 is 5.71. The van der Waals surface area contributed by atoms with Crippen molar-refractivity contribution < 1.29 is 0 Å². The minimum absolute atomic E-state index is 0.0649. The number of nitrogens with zero attached hydrogens (tertiary/aromatic N) is 1. The molecule has 2 heterocycles. The van der Waals surface area contributed by atoms with Crippen LogP contribution in [0.5, 0.6) is 0 Å². The lowest BCUT2D eigenvalue weighted by molar-refractivity contribution is 0.142. The molecule has 1 N–H and O–H groups in total. The molecule has 1 aromatic rings. The molecule has 2 unspecified atom stereocenters. The summed E-state index contributed by atoms with van der Waals surface area (Å²) < 4.78 is 0. The van der Waals surface area contributed by atoms with Crippen molar-refractivity contribution in [2.45, 2.75) is 24.9 Å². The summed E-state index contributed by atoms with van der Waals surface area (Å²) in [7, 11) is 0. The summed E-state index contributed by atoms with van der Waals surface area (Å²) in [6, 6.07) is 8.66. The van der Waals surface area contributed by atoms with Crippen molar-refractivity contribution in [3.63, 3.8) is 0 Å². The number of hydrogen-bond donors (Lipinski definition) is 1. The fraction of sp³-hybridized carbons (Fsp3) is 0.438. The molecule has 2 aliphatic heterocycles. The van der Waals surface area contributed by atoms with E-state index in [0.717, 1.165) is 18.1 Å². The molecule has 0 bridgehead atoms. The fourth-order valence-corrected chi connectivity index (χ4v) is 4.38. The maximum absolute atomic E-state index is 5.71. The number of fused-ring (bicyclic) bond motifs is 3. The molecule has 98 valence electrons. The van der Waals surface area contributed by atoms with Crippen LogP contribution in [0.2, 0.25) is 0 Å². The van der Waals surface area contributed by atoms with Crippen molar-refractivity contribution in [3.8, 4) is 0 Å². The van der Waals surface area contributed by atoms with Gasteiger partial charge in [0.25, 0.3) is 0 Å². The van der Waals surface area contributed by atoms with Crippen LogP contribution < -0.4 is 5.32 Å². The Hall–Kier alpha value is -1.19. The summed E-state index contributed by atoms with van der Waals surface area (Å²) in [5.74, 6) is 0.533. The molecule has 1 saturated heterocycles. The van der Waals surface area contributed by atoms with Crippen LogP contribution >= 0.6 is 12.2 Å². The SMILES string of the molecule is S=C1c2ccccc2C2(C3C=CCCC3)NCCN12. The van der Waals surface area contributed by atoms with Crippen LogP contribution in [0.15, 0.2) is 36.4 Å². The Morgan fingerprint density at radius 3 is 3.05 bits per heavy atom. The molecule has 1 aromatic carbocycles. The zero-order chi connectivity index (χ0) is 12.9. The van der Waals surface area contributed by atoms with Crippen LogP contribution in [0.3, 0.4) is 0 Å². The van der Waals surface area contributed by atoms with Gasteiger partial charge in [0.1, 0.15) is 10.7 Å². The Morgan fingerprint density at radius 2 is 2.21 bits per heavy atom. The van der Waals surface area contributed by atoms with Crippen LogP contribution in [-0.2, 0) is 5.66 Å². The molecule has 0 amide bonds. The van der Waals surface area contributed by atoms with Crippen LogP contribution in [0, 0.1) is 5.92 Å². The highest BCUT2D eigenvalue weighted by molar-refractivity contribution is 7.80. The molecule has 4 rings (SSSR count). The predicted molar refractivity (Wildman–Crippen MR) is 81.0 cm³/mol. The number of hydrogen-bond acceptors (Lipinski definition) is 2. The summed E-state index contributed by atoms with van der Waals surface area (Å²) in [4.78, 5) is 3.45. The first-order chi connectivity index (χ1) is 9.34. The second-order valence-electron chi connectivity index (χ2n) is 5.66. The molecule has 0 spiro atoms. The lowest BCUT2D eigenvalue weighted by Crippen LogP contribution is -2.51. The molecule has 3 heteroatoms. The topological polar surface area (TPSA) is 15.3 Å². The number of thiocarbonyl (C=S) groups is 1. The predicted octanol–water partition coefficient (Wildman–Crippen LogP) is 2.79. The molecule has 3 aliphatic rings. The molecule has 0 saturated carbocycles. The summed E-state index contributed by atoms with van der Waals surface area (Å²) in [6.45, 7) is 2.05. The van der Waals surface area contributed by atoms with E-state index in [1.54, 1.807) is 0 Å². The first-order valence-electron chi connectivity index (χ1n) is 7.17. The molecule has 0 radical (unpaired) electrons. The van der Waals surface area contributed by atoms with Crippen LogP contribution in [0.4, 0.5) is 0 Å². The normalized spacial score (nSPS) is 32.5. The zero-order valence-electron chi connectivity index (χ0n) is 10.9. The van der Waals surface area contributed by atoms with E-state index in [1.165, 1.54) is 30.4 Å². The van der Waals surface area contributed by atoms with Crippen molar-refractivity contribution in [2.24, 2.45) is 5.92 Å². The Labute approximate surface area is 119 Å². The molecule has 0 aromatic heterocycles. The van der Waals surface area contributed by atoms with Crippen molar-refractivity contribution in [3.05, 3.63) is 47.5 Å². The number of allylic oxidation sites excluding steroid dienone is 1. The van der Waals surface area contributed by atoms with Gasteiger partial charge in [-0.05, 0) is 19.3 Å². The Kier molecular flexibility index (Phi) is 2.54. The van der Waals surface area contributed by atoms with E-state index >= 15 is 0 Å². The molecule has 1 aliphatic carbocycles. The van der Waals surface area contributed by atoms with Gasteiger partial charge < -0.3 is 4.90 Å². The first kappa shape index (κ1) is 11.6. The third kappa shape index (κ3) is 1.43. The third-order valence-corrected chi connectivity index (χ3v) is 5.20. The van der Waals surface area contributed by atoms with E-state index in [4.69, 9.17) is 12.2 Å². The molecule has 1 fully saturated rings. The largest absolute Gasteiger partial charge is 0.338 e. The smallest absolute Gasteiger partial charge is 0.125 e. The Balaban J connectivity index is 1.91. The van der Waals surface area contributed by atoms with Gasteiger partial charge in [0.2, 0.25) is 0 Å². The molecule has 2 atom stereocenters. The Bertz CT molecular complexity index is 566. The van der Waals surface area contributed by atoms with E-state index in [9.17, 15) is 0 Å². The minimum Gasteiger partial charge on any atom is -0.338 e. The average molecular weight is 270 g/mol. The maximum Gasteiger partial charge on any atom is 0.125 e. The summed E-state index contributed by atoms with van der Waals surface area (Å²) in [5.41, 5.74) is 2.57. The third-order valence-electron chi connectivity index (χ3n) is 4.76. The lowest BCUT2D eigenvalue weighted by Gasteiger charge is -2.41. The van der Waals surface area contributed by atoms with E-state index in [-0.39, 0.29) is 5.66 Å². The zero-order valence-corrected chi connectivity index (χ0v) is 11.7. The second-order valence-corrected chi connectivity index (χ2v) is 6.05. The van der Waals surface area contributed by atoms with Crippen molar-refractivity contribution in [1.82, 2.24) is 10.2 Å². The van der Waals surface area contributed by atoms with E-state index in [2.05, 4.69) is 46.6 Å². The highest BCUT2D eigenvalue weighted by atomic mass is 32.1. The van der Waals surface area contributed by atoms with E-state index < -0.39 is 0 Å². The average Bonchev–Trinajstić information content (AvgIpc) is 3.01. The first-order valence-corrected chi connectivity index (χ1v) is 7.58. The molecule has 2 nitrogen and oxygen atoms in total. The van der Waals surface area contributed by atoms with Gasteiger partial charge in [0, 0.05) is 30.1 Å². The van der Waals surface area contributed by atoms with Gasteiger partial charge in [0.15, 0.2) is 0 Å². The standard InChI is InChI=1S/C16H18N2S/c19-15-13-8-4-5-9-14(13)16(17-10-11-18(15)16)12-6-2-1-3-7-12/h2,4-6,8-9,12,17H,1,3,7,10-11H2. The highest BCUT2D eigenvalue weighted by Gasteiger charge is 2.54. The van der Waals surface area contributed by atoms with E-state index in [1.807, 2.05) is 0 Å². The number of rotatable bonds is 1. The maximum atomic E-state index is 5.71. The lowest BCUT2D eigenvalue weighted by atomic mass is 9.80. The molecular formula is C16H18N2S. The van der Waals surface area contributed by atoms with Crippen LogP contribution in [-0.4, -0.2) is 23.0 Å². The van der Waals surface area contributed by atoms with Crippen molar-refractivity contribution >= 4 is 17.2 Å². The fourth-order valence-electron chi connectivity index (χ4n) is 3.97. The Morgan fingerprint density at radius 1 is 1.32 bits per heavy atom. The number of nitrogens with one attached hydrogen (secondary N) is 1. The minimum atomic E-state index is -0.0649. The second kappa shape index (κ2) is 4.15. The van der Waals surface area contributed by atoms with Crippen molar-refractivity contribution in [1.29, 1.82) is 0 Å². The molecular weight excluding hydrogens is 252 g/mol. The summed E-state index contributed by atoms with van der Waals surface area (Å²) in [5, 5.41) is 3.78. The van der Waals surface area contributed by atoms with Gasteiger partial charge in [-0.15, -0.1) is 0 Å². The highest BCUT2D eigenvalue weighted by Crippen LogP contribution is 2.47. The van der Waals surface area contributed by atoms with Gasteiger partial charge in [-0.1, -0.05) is 48.6 Å². The quantitative estimate of drug-likeness (QED) is 0.624. The van der Waals surface area contributed by atoms with Crippen LogP contribution in [0.1, 0.15) is 30.4 Å². The molecule has 19 heavy (non-hydrogen) atoms. The van der Waals surface area contributed by atoms with Gasteiger partial charge >= 0.3 is 0 Å².